The second-order valence-electron chi connectivity index (χ2n) is 6.03. The normalized spacial score (nSPS) is 19.0. The van der Waals surface area contributed by atoms with Crippen molar-refractivity contribution in [3.8, 4) is 0 Å². The number of hydrogen-bond acceptors (Lipinski definition) is 2. The van der Waals surface area contributed by atoms with E-state index in [4.69, 9.17) is 0 Å². The standard InChI is InChI=1S/C17H25FN2O/c1-4-17(9-11-19-12-10-17)16(21)20(3)13(2)14-5-7-15(18)8-6-14/h5-8,13,19H,4,9-12H2,1-3H3. The van der Waals surface area contributed by atoms with Gasteiger partial charge in [0.25, 0.3) is 0 Å². The zero-order valence-electron chi connectivity index (χ0n) is 13.2. The summed E-state index contributed by atoms with van der Waals surface area (Å²) in [5.41, 5.74) is 0.723. The molecule has 4 heteroatoms. The van der Waals surface area contributed by atoms with Crippen LogP contribution < -0.4 is 5.32 Å². The van der Waals surface area contributed by atoms with Crippen molar-refractivity contribution >= 4 is 5.91 Å². The van der Waals surface area contributed by atoms with Gasteiger partial charge < -0.3 is 10.2 Å². The molecule has 21 heavy (non-hydrogen) atoms. The molecule has 1 aliphatic rings. The number of nitrogens with zero attached hydrogens (tertiary/aromatic N) is 1. The Hall–Kier alpha value is -1.42. The van der Waals surface area contributed by atoms with Gasteiger partial charge >= 0.3 is 0 Å². The molecule has 1 fully saturated rings. The smallest absolute Gasteiger partial charge is 0.229 e. The Labute approximate surface area is 126 Å². The highest BCUT2D eigenvalue weighted by molar-refractivity contribution is 5.83. The largest absolute Gasteiger partial charge is 0.339 e. The molecule has 1 aromatic carbocycles. The van der Waals surface area contributed by atoms with Gasteiger partial charge in [-0.25, -0.2) is 4.39 Å². The zero-order chi connectivity index (χ0) is 15.5. The lowest BCUT2D eigenvalue weighted by atomic mass is 9.75. The first-order chi connectivity index (χ1) is 10.00. The number of amides is 1. The minimum absolute atomic E-state index is 0.0450. The van der Waals surface area contributed by atoms with Gasteiger partial charge in [0.1, 0.15) is 5.82 Å². The summed E-state index contributed by atoms with van der Waals surface area (Å²) in [6.45, 7) is 5.89. The quantitative estimate of drug-likeness (QED) is 0.924. The van der Waals surface area contributed by atoms with Crippen molar-refractivity contribution < 1.29 is 9.18 Å². The molecule has 0 saturated carbocycles. The summed E-state index contributed by atoms with van der Waals surface area (Å²) >= 11 is 0. The van der Waals surface area contributed by atoms with Crippen LogP contribution in [0.5, 0.6) is 0 Å². The molecule has 0 aromatic heterocycles. The van der Waals surface area contributed by atoms with E-state index in [-0.39, 0.29) is 23.2 Å². The van der Waals surface area contributed by atoms with E-state index in [1.54, 1.807) is 12.1 Å². The highest BCUT2D eigenvalue weighted by atomic mass is 19.1. The van der Waals surface area contributed by atoms with Crippen LogP contribution in [-0.4, -0.2) is 30.9 Å². The summed E-state index contributed by atoms with van der Waals surface area (Å²) in [5.74, 6) is -0.0355. The van der Waals surface area contributed by atoms with E-state index in [9.17, 15) is 9.18 Å². The second-order valence-corrected chi connectivity index (χ2v) is 6.03. The molecular formula is C17H25FN2O. The number of rotatable bonds is 4. The van der Waals surface area contributed by atoms with Crippen LogP contribution in [0.15, 0.2) is 24.3 Å². The Morgan fingerprint density at radius 1 is 1.33 bits per heavy atom. The highest BCUT2D eigenvalue weighted by Crippen LogP contribution is 2.36. The Morgan fingerprint density at radius 2 is 1.90 bits per heavy atom. The SMILES string of the molecule is CCC1(C(=O)N(C)C(C)c2ccc(F)cc2)CCNCC1. The van der Waals surface area contributed by atoms with E-state index in [2.05, 4.69) is 12.2 Å². The van der Waals surface area contributed by atoms with Crippen molar-refractivity contribution in [2.45, 2.75) is 39.2 Å². The summed E-state index contributed by atoms with van der Waals surface area (Å²) in [5, 5.41) is 3.32. The maximum atomic E-state index is 13.0. The second kappa shape index (κ2) is 6.56. The predicted octanol–water partition coefficient (Wildman–Crippen LogP) is 3.12. The van der Waals surface area contributed by atoms with E-state index in [1.165, 1.54) is 12.1 Å². The number of hydrogen-bond donors (Lipinski definition) is 1. The Balaban J connectivity index is 2.15. The van der Waals surface area contributed by atoms with Crippen LogP contribution in [0.25, 0.3) is 0 Å². The minimum Gasteiger partial charge on any atom is -0.339 e. The lowest BCUT2D eigenvalue weighted by Crippen LogP contribution is -2.48. The van der Waals surface area contributed by atoms with Crippen molar-refractivity contribution in [2.24, 2.45) is 5.41 Å². The number of carbonyl (C=O) groups excluding carboxylic acids is 1. The molecule has 1 unspecified atom stereocenters. The summed E-state index contributed by atoms with van der Waals surface area (Å²) in [7, 11) is 1.86. The molecule has 116 valence electrons. The Kier molecular flexibility index (Phi) is 4.99. The number of carbonyl (C=O) groups is 1. The molecule has 1 saturated heterocycles. The van der Waals surface area contributed by atoms with Gasteiger partial charge in [-0.15, -0.1) is 0 Å². The average Bonchev–Trinajstić information content (AvgIpc) is 2.54. The van der Waals surface area contributed by atoms with Crippen LogP contribution in [0.1, 0.15) is 44.7 Å². The molecule has 1 N–H and O–H groups in total. The number of halogens is 1. The highest BCUT2D eigenvalue weighted by Gasteiger charge is 2.40. The van der Waals surface area contributed by atoms with Crippen LogP contribution in [0, 0.1) is 11.2 Å². The van der Waals surface area contributed by atoms with Gasteiger partial charge in [0.15, 0.2) is 0 Å². The Bertz CT molecular complexity index is 480. The third-order valence-corrected chi connectivity index (χ3v) is 4.94. The first-order valence-corrected chi connectivity index (χ1v) is 7.73. The van der Waals surface area contributed by atoms with Crippen LogP contribution >= 0.6 is 0 Å². The zero-order valence-corrected chi connectivity index (χ0v) is 13.2. The fraction of sp³-hybridized carbons (Fsp3) is 0.588. The lowest BCUT2D eigenvalue weighted by molar-refractivity contribution is -0.144. The fourth-order valence-corrected chi connectivity index (χ4v) is 3.14. The molecule has 0 radical (unpaired) electrons. The first kappa shape index (κ1) is 16.0. The maximum absolute atomic E-state index is 13.0. The van der Waals surface area contributed by atoms with Crippen LogP contribution in [-0.2, 0) is 4.79 Å². The molecule has 3 nitrogen and oxygen atoms in total. The molecule has 1 aromatic rings. The van der Waals surface area contributed by atoms with Crippen molar-refractivity contribution in [1.82, 2.24) is 10.2 Å². The predicted molar refractivity (Wildman–Crippen MR) is 82.4 cm³/mol. The van der Waals surface area contributed by atoms with Gasteiger partial charge in [-0.3, -0.25) is 4.79 Å². The summed E-state index contributed by atoms with van der Waals surface area (Å²) in [6, 6.07) is 6.36. The fourth-order valence-electron chi connectivity index (χ4n) is 3.14. The van der Waals surface area contributed by atoms with E-state index in [1.807, 2.05) is 18.9 Å². The van der Waals surface area contributed by atoms with Gasteiger partial charge in [0.05, 0.1) is 11.5 Å². The summed E-state index contributed by atoms with van der Waals surface area (Å²) in [6.07, 6.45) is 2.65. The molecule has 1 aliphatic heterocycles. The van der Waals surface area contributed by atoms with Crippen molar-refractivity contribution in [3.05, 3.63) is 35.6 Å². The van der Waals surface area contributed by atoms with Crippen LogP contribution in [0.4, 0.5) is 4.39 Å². The molecular weight excluding hydrogens is 267 g/mol. The molecule has 0 spiro atoms. The third kappa shape index (κ3) is 3.26. The first-order valence-electron chi connectivity index (χ1n) is 7.73. The van der Waals surface area contributed by atoms with Crippen molar-refractivity contribution in [2.75, 3.05) is 20.1 Å². The van der Waals surface area contributed by atoms with E-state index in [0.29, 0.717) is 0 Å². The maximum Gasteiger partial charge on any atom is 0.229 e. The molecule has 1 amide bonds. The van der Waals surface area contributed by atoms with E-state index >= 15 is 0 Å². The topological polar surface area (TPSA) is 32.3 Å². The van der Waals surface area contributed by atoms with Gasteiger partial charge in [-0.1, -0.05) is 19.1 Å². The molecule has 0 aliphatic carbocycles. The molecule has 1 heterocycles. The number of piperidine rings is 1. The molecule has 2 rings (SSSR count). The van der Waals surface area contributed by atoms with Gasteiger partial charge in [0, 0.05) is 7.05 Å². The molecule has 0 bridgehead atoms. The Morgan fingerprint density at radius 3 is 2.43 bits per heavy atom. The minimum atomic E-state index is -0.247. The number of benzene rings is 1. The van der Waals surface area contributed by atoms with E-state index < -0.39 is 0 Å². The van der Waals surface area contributed by atoms with Crippen LogP contribution in [0.3, 0.4) is 0 Å². The van der Waals surface area contributed by atoms with Gasteiger partial charge in [-0.2, -0.15) is 0 Å². The number of nitrogens with one attached hydrogen (secondary N) is 1. The van der Waals surface area contributed by atoms with E-state index in [0.717, 1.165) is 37.9 Å². The third-order valence-electron chi connectivity index (χ3n) is 4.94. The van der Waals surface area contributed by atoms with Crippen molar-refractivity contribution in [1.29, 1.82) is 0 Å². The van der Waals surface area contributed by atoms with Crippen molar-refractivity contribution in [3.63, 3.8) is 0 Å². The monoisotopic (exact) mass is 292 g/mol. The van der Waals surface area contributed by atoms with Gasteiger partial charge in [0.2, 0.25) is 5.91 Å². The summed E-state index contributed by atoms with van der Waals surface area (Å²) in [4.78, 5) is 14.8. The lowest BCUT2D eigenvalue weighted by Gasteiger charge is -2.40. The molecule has 1 atom stereocenters. The summed E-state index contributed by atoms with van der Waals surface area (Å²) < 4.78 is 13.0. The average molecular weight is 292 g/mol. The van der Waals surface area contributed by atoms with Gasteiger partial charge in [-0.05, 0) is 57.0 Å². The van der Waals surface area contributed by atoms with Crippen LogP contribution in [0.2, 0.25) is 0 Å².